The summed E-state index contributed by atoms with van der Waals surface area (Å²) < 4.78 is 37.4. The van der Waals surface area contributed by atoms with Crippen LogP contribution in [0.3, 0.4) is 0 Å². The highest BCUT2D eigenvalue weighted by Gasteiger charge is 2.39. The molecule has 3 aromatic carbocycles. The van der Waals surface area contributed by atoms with Crippen LogP contribution >= 0.6 is 0 Å². The molecule has 2 nitrogen and oxygen atoms in total. The van der Waals surface area contributed by atoms with Crippen molar-refractivity contribution < 1.29 is 22.8 Å². The highest BCUT2D eigenvalue weighted by Crippen LogP contribution is 2.33. The van der Waals surface area contributed by atoms with E-state index in [0.29, 0.717) is 5.56 Å². The van der Waals surface area contributed by atoms with E-state index < -0.39 is 24.2 Å². The lowest BCUT2D eigenvalue weighted by molar-refractivity contribution is -0.170. The summed E-state index contributed by atoms with van der Waals surface area (Å²) in [5.41, 5.74) is 3.38. The summed E-state index contributed by atoms with van der Waals surface area (Å²) in [5.74, 6) is -2.89. The fourth-order valence-electron chi connectivity index (χ4n) is 2.79. The van der Waals surface area contributed by atoms with E-state index in [-0.39, 0.29) is 5.56 Å². The van der Waals surface area contributed by atoms with Crippen molar-refractivity contribution in [3.8, 4) is 22.3 Å². The van der Waals surface area contributed by atoms with Crippen molar-refractivity contribution in [1.82, 2.24) is 0 Å². The predicted molar refractivity (Wildman–Crippen MR) is 97.3 cm³/mol. The van der Waals surface area contributed by atoms with Crippen LogP contribution in [0.5, 0.6) is 0 Å². The van der Waals surface area contributed by atoms with Crippen molar-refractivity contribution in [2.45, 2.75) is 12.6 Å². The number of ketones is 2. The van der Waals surface area contributed by atoms with Crippen LogP contribution in [0.2, 0.25) is 0 Å². The molecule has 5 heteroatoms. The number of halogens is 3. The van der Waals surface area contributed by atoms with Crippen molar-refractivity contribution in [3.05, 3.63) is 84.4 Å². The summed E-state index contributed by atoms with van der Waals surface area (Å²) >= 11 is 0. The van der Waals surface area contributed by atoms with Gasteiger partial charge in [-0.2, -0.15) is 13.2 Å². The minimum Gasteiger partial charge on any atom is -0.294 e. The maximum absolute atomic E-state index is 12.5. The Morgan fingerprint density at radius 3 is 1.74 bits per heavy atom. The second-order valence-corrected chi connectivity index (χ2v) is 6.01. The van der Waals surface area contributed by atoms with E-state index in [4.69, 9.17) is 0 Å². The average Bonchev–Trinajstić information content (AvgIpc) is 2.68. The zero-order valence-electron chi connectivity index (χ0n) is 14.2. The smallest absolute Gasteiger partial charge is 0.294 e. The fourth-order valence-corrected chi connectivity index (χ4v) is 2.79. The summed E-state index contributed by atoms with van der Waals surface area (Å²) in [5, 5.41) is 0. The molecule has 0 atom stereocenters. The largest absolute Gasteiger partial charge is 0.450 e. The normalized spacial score (nSPS) is 11.2. The van der Waals surface area contributed by atoms with Crippen molar-refractivity contribution >= 4 is 11.6 Å². The Labute approximate surface area is 154 Å². The molecular formula is C22H15F3O2. The van der Waals surface area contributed by atoms with Crippen LogP contribution in [-0.4, -0.2) is 17.7 Å². The van der Waals surface area contributed by atoms with Gasteiger partial charge in [-0.1, -0.05) is 72.8 Å². The highest BCUT2D eigenvalue weighted by atomic mass is 19.4. The number of alkyl halides is 3. The van der Waals surface area contributed by atoms with Gasteiger partial charge in [0.15, 0.2) is 5.78 Å². The molecule has 3 aromatic rings. The number of carbonyl (C=O) groups is 2. The molecule has 136 valence electrons. The molecule has 0 saturated heterocycles. The number of carbonyl (C=O) groups excluding carboxylic acids is 2. The first-order valence-corrected chi connectivity index (χ1v) is 8.24. The summed E-state index contributed by atoms with van der Waals surface area (Å²) in [6.07, 6.45) is -6.20. The molecule has 0 aliphatic carbocycles. The van der Waals surface area contributed by atoms with Crippen molar-refractivity contribution in [2.24, 2.45) is 0 Å². The summed E-state index contributed by atoms with van der Waals surface area (Å²) in [7, 11) is 0. The highest BCUT2D eigenvalue weighted by molar-refractivity contribution is 6.10. The Bertz CT molecular complexity index is 962. The van der Waals surface area contributed by atoms with Gasteiger partial charge in [-0.3, -0.25) is 9.59 Å². The molecule has 0 N–H and O–H groups in total. The Kier molecular flexibility index (Phi) is 5.21. The Hall–Kier alpha value is -3.21. The molecule has 0 radical (unpaired) electrons. The van der Waals surface area contributed by atoms with Crippen LogP contribution in [-0.2, 0) is 4.79 Å². The van der Waals surface area contributed by atoms with E-state index in [1.165, 1.54) is 6.07 Å². The second-order valence-electron chi connectivity index (χ2n) is 6.01. The van der Waals surface area contributed by atoms with Crippen LogP contribution in [0, 0.1) is 0 Å². The van der Waals surface area contributed by atoms with Crippen LogP contribution in [0.15, 0.2) is 78.9 Å². The molecule has 0 bridgehead atoms. The second kappa shape index (κ2) is 7.58. The summed E-state index contributed by atoms with van der Waals surface area (Å²) in [6.45, 7) is 0. The molecule has 0 aliphatic rings. The minimum atomic E-state index is -5.01. The van der Waals surface area contributed by atoms with E-state index in [2.05, 4.69) is 0 Å². The molecule has 3 rings (SSSR count). The summed E-state index contributed by atoms with van der Waals surface area (Å²) in [4.78, 5) is 23.4. The maximum atomic E-state index is 12.5. The first-order chi connectivity index (χ1) is 12.9. The van der Waals surface area contributed by atoms with Gasteiger partial charge in [0, 0.05) is 5.56 Å². The van der Waals surface area contributed by atoms with Crippen LogP contribution in [0.4, 0.5) is 13.2 Å². The van der Waals surface area contributed by atoms with E-state index in [1.54, 1.807) is 12.1 Å². The van der Waals surface area contributed by atoms with E-state index in [1.807, 2.05) is 60.7 Å². The molecular weight excluding hydrogens is 353 g/mol. The van der Waals surface area contributed by atoms with Crippen LogP contribution < -0.4 is 0 Å². The van der Waals surface area contributed by atoms with Gasteiger partial charge in [0.25, 0.3) is 0 Å². The number of Topliss-reactive ketones (excluding diaryl/α,β-unsaturated/α-hetero) is 2. The van der Waals surface area contributed by atoms with Gasteiger partial charge in [0.05, 0.1) is 6.42 Å². The number of benzene rings is 3. The van der Waals surface area contributed by atoms with Crippen molar-refractivity contribution in [2.75, 3.05) is 0 Å². The van der Waals surface area contributed by atoms with Gasteiger partial charge in [-0.15, -0.1) is 0 Å². The van der Waals surface area contributed by atoms with Crippen molar-refractivity contribution in [3.63, 3.8) is 0 Å². The minimum absolute atomic E-state index is 0.0751. The van der Waals surface area contributed by atoms with Gasteiger partial charge in [0.2, 0.25) is 5.78 Å². The SMILES string of the molecule is O=C(CC(=O)C(F)(F)F)c1ccc(-c2ccccc2)c(-c2ccccc2)c1. The first kappa shape index (κ1) is 18.6. The number of hydrogen-bond acceptors (Lipinski definition) is 2. The standard InChI is InChI=1S/C22H15F3O2/c23-22(24,25)21(27)14-20(26)17-11-12-18(15-7-3-1-4-8-15)19(13-17)16-9-5-2-6-10-16/h1-13H,14H2. The molecule has 0 spiro atoms. The molecule has 0 amide bonds. The Balaban J connectivity index is 2.04. The summed E-state index contributed by atoms with van der Waals surface area (Å²) in [6, 6.07) is 23.4. The molecule has 0 aliphatic heterocycles. The zero-order chi connectivity index (χ0) is 19.4. The average molecular weight is 368 g/mol. The lowest BCUT2D eigenvalue weighted by Gasteiger charge is -2.13. The van der Waals surface area contributed by atoms with E-state index in [0.717, 1.165) is 16.7 Å². The monoisotopic (exact) mass is 368 g/mol. The third-order valence-electron chi connectivity index (χ3n) is 4.15. The van der Waals surface area contributed by atoms with Gasteiger partial charge >= 0.3 is 6.18 Å². The topological polar surface area (TPSA) is 34.1 Å². The van der Waals surface area contributed by atoms with E-state index >= 15 is 0 Å². The lowest BCUT2D eigenvalue weighted by Crippen LogP contribution is -2.25. The van der Waals surface area contributed by atoms with Crippen molar-refractivity contribution in [1.29, 1.82) is 0 Å². The molecule has 0 unspecified atom stereocenters. The first-order valence-electron chi connectivity index (χ1n) is 8.24. The number of rotatable bonds is 5. The molecule has 27 heavy (non-hydrogen) atoms. The third kappa shape index (κ3) is 4.31. The molecule has 0 fully saturated rings. The van der Waals surface area contributed by atoms with Crippen LogP contribution in [0.25, 0.3) is 22.3 Å². The predicted octanol–water partition coefficient (Wildman–Crippen LogP) is 5.72. The number of hydrogen-bond donors (Lipinski definition) is 0. The lowest BCUT2D eigenvalue weighted by atomic mass is 9.91. The Morgan fingerprint density at radius 1 is 0.704 bits per heavy atom. The maximum Gasteiger partial charge on any atom is 0.450 e. The quantitative estimate of drug-likeness (QED) is 0.426. The van der Waals surface area contributed by atoms with E-state index in [9.17, 15) is 22.8 Å². The fraction of sp³-hybridized carbons (Fsp3) is 0.0909. The molecule has 0 saturated carbocycles. The van der Waals surface area contributed by atoms with Crippen LogP contribution in [0.1, 0.15) is 16.8 Å². The molecule has 0 heterocycles. The zero-order valence-corrected chi connectivity index (χ0v) is 14.2. The third-order valence-corrected chi connectivity index (χ3v) is 4.15. The van der Waals surface area contributed by atoms with Gasteiger partial charge in [-0.05, 0) is 28.3 Å². The molecule has 0 aromatic heterocycles. The Morgan fingerprint density at radius 2 is 1.22 bits per heavy atom. The van der Waals surface area contributed by atoms with Gasteiger partial charge in [-0.25, -0.2) is 0 Å². The van der Waals surface area contributed by atoms with Gasteiger partial charge < -0.3 is 0 Å². The van der Waals surface area contributed by atoms with Gasteiger partial charge in [0.1, 0.15) is 0 Å².